The Kier molecular flexibility index (Phi) is 5.27. The van der Waals surface area contributed by atoms with Gasteiger partial charge in [-0.2, -0.15) is 13.2 Å². The number of amides is 2. The molecule has 3 aromatic rings. The number of rotatable bonds is 5. The van der Waals surface area contributed by atoms with E-state index in [4.69, 9.17) is 5.73 Å². The Morgan fingerprint density at radius 1 is 0.871 bits per heavy atom. The number of hydrogen-bond acceptors (Lipinski definition) is 2. The first kappa shape index (κ1) is 20.7. The van der Waals surface area contributed by atoms with E-state index in [0.29, 0.717) is 5.56 Å². The van der Waals surface area contributed by atoms with Crippen LogP contribution in [0.5, 0.6) is 0 Å². The number of nitrogens with one attached hydrogen (secondary N) is 1. The van der Waals surface area contributed by atoms with Crippen molar-refractivity contribution >= 4 is 11.8 Å². The van der Waals surface area contributed by atoms with Gasteiger partial charge >= 0.3 is 6.18 Å². The zero-order chi connectivity index (χ0) is 22.2. The van der Waals surface area contributed by atoms with Gasteiger partial charge in [0.15, 0.2) is 0 Å². The van der Waals surface area contributed by atoms with Gasteiger partial charge in [-0.1, -0.05) is 60.7 Å². The van der Waals surface area contributed by atoms with E-state index in [1.165, 1.54) is 12.1 Å². The number of carbonyl (C=O) groups excluding carboxylic acids is 2. The minimum Gasteiger partial charge on any atom is -0.368 e. The smallest absolute Gasteiger partial charge is 0.368 e. The largest absolute Gasteiger partial charge is 0.416 e. The fraction of sp³-hybridized carbons (Fsp3) is 0.167. The Balaban J connectivity index is 1.58. The summed E-state index contributed by atoms with van der Waals surface area (Å²) < 4.78 is 38.2. The van der Waals surface area contributed by atoms with Gasteiger partial charge in [0.05, 0.1) is 12.0 Å². The standard InChI is InChI=1S/C24H19F3N2O2/c25-24(26,27)15-11-9-14(10-12-15)13-20(30)29-22(23(28)31)21-18-7-3-1-5-16(18)17-6-2-4-8-19(17)21/h1-12,21-22H,13H2,(H2,28,31)(H,29,30)/t22-/m0/s1. The summed E-state index contributed by atoms with van der Waals surface area (Å²) in [6.45, 7) is 0. The van der Waals surface area contributed by atoms with Crippen molar-refractivity contribution in [2.75, 3.05) is 0 Å². The lowest BCUT2D eigenvalue weighted by molar-refractivity contribution is -0.137. The zero-order valence-electron chi connectivity index (χ0n) is 16.3. The molecule has 0 heterocycles. The minimum atomic E-state index is -4.44. The van der Waals surface area contributed by atoms with Crippen molar-refractivity contribution in [3.8, 4) is 11.1 Å². The van der Waals surface area contributed by atoms with Gasteiger partial charge in [-0.05, 0) is 39.9 Å². The van der Waals surface area contributed by atoms with Crippen LogP contribution in [0.15, 0.2) is 72.8 Å². The summed E-state index contributed by atoms with van der Waals surface area (Å²) in [5.74, 6) is -1.62. The summed E-state index contributed by atoms with van der Waals surface area (Å²) in [5, 5.41) is 2.70. The van der Waals surface area contributed by atoms with Crippen LogP contribution < -0.4 is 11.1 Å². The van der Waals surface area contributed by atoms with E-state index in [-0.39, 0.29) is 6.42 Å². The number of fused-ring (bicyclic) bond motifs is 3. The van der Waals surface area contributed by atoms with E-state index < -0.39 is 35.5 Å². The summed E-state index contributed by atoms with van der Waals surface area (Å²) in [7, 11) is 0. The van der Waals surface area contributed by atoms with Gasteiger partial charge in [0.1, 0.15) is 6.04 Å². The van der Waals surface area contributed by atoms with Crippen LogP contribution in [0.2, 0.25) is 0 Å². The fourth-order valence-corrected chi connectivity index (χ4v) is 4.09. The molecular weight excluding hydrogens is 405 g/mol. The summed E-state index contributed by atoms with van der Waals surface area (Å²) in [6, 6.07) is 18.6. The second-order valence-electron chi connectivity index (χ2n) is 7.47. The molecule has 2 amide bonds. The highest BCUT2D eigenvalue weighted by atomic mass is 19.4. The van der Waals surface area contributed by atoms with Crippen molar-refractivity contribution in [1.29, 1.82) is 0 Å². The second kappa shape index (κ2) is 7.91. The third kappa shape index (κ3) is 4.03. The van der Waals surface area contributed by atoms with Gasteiger partial charge in [0, 0.05) is 5.92 Å². The molecule has 158 valence electrons. The quantitative estimate of drug-likeness (QED) is 0.649. The van der Waals surface area contributed by atoms with Crippen LogP contribution in [0.25, 0.3) is 11.1 Å². The average Bonchev–Trinajstić information content (AvgIpc) is 3.06. The molecule has 1 atom stereocenters. The third-order valence-electron chi connectivity index (χ3n) is 5.48. The molecule has 0 saturated carbocycles. The molecule has 0 radical (unpaired) electrons. The number of benzene rings is 3. The van der Waals surface area contributed by atoms with Crippen LogP contribution >= 0.6 is 0 Å². The predicted molar refractivity (Wildman–Crippen MR) is 110 cm³/mol. The number of nitrogens with two attached hydrogens (primary N) is 1. The maximum atomic E-state index is 12.7. The molecular formula is C24H19F3N2O2. The number of primary amides is 1. The van der Waals surface area contributed by atoms with Gasteiger partial charge in [-0.3, -0.25) is 9.59 Å². The van der Waals surface area contributed by atoms with Gasteiger partial charge in [-0.15, -0.1) is 0 Å². The van der Waals surface area contributed by atoms with E-state index >= 15 is 0 Å². The SMILES string of the molecule is NC(=O)[C@@H](NC(=O)Cc1ccc(C(F)(F)F)cc1)C1c2ccccc2-c2ccccc21. The van der Waals surface area contributed by atoms with Crippen molar-refractivity contribution in [2.45, 2.75) is 24.6 Å². The summed E-state index contributed by atoms with van der Waals surface area (Å²) >= 11 is 0. The maximum absolute atomic E-state index is 12.7. The van der Waals surface area contributed by atoms with Crippen molar-refractivity contribution < 1.29 is 22.8 Å². The van der Waals surface area contributed by atoms with Gasteiger partial charge in [0.2, 0.25) is 11.8 Å². The molecule has 0 unspecified atom stereocenters. The number of alkyl halides is 3. The van der Waals surface area contributed by atoms with Crippen molar-refractivity contribution in [3.63, 3.8) is 0 Å². The molecule has 7 heteroatoms. The molecule has 3 N–H and O–H groups in total. The number of hydrogen-bond donors (Lipinski definition) is 2. The second-order valence-corrected chi connectivity index (χ2v) is 7.47. The Hall–Kier alpha value is -3.61. The van der Waals surface area contributed by atoms with Crippen molar-refractivity contribution in [2.24, 2.45) is 5.73 Å². The van der Waals surface area contributed by atoms with Crippen LogP contribution in [-0.2, 0) is 22.2 Å². The van der Waals surface area contributed by atoms with E-state index in [1.807, 2.05) is 48.5 Å². The molecule has 0 saturated heterocycles. The lowest BCUT2D eigenvalue weighted by Crippen LogP contribution is -2.48. The molecule has 0 spiro atoms. The molecule has 0 aliphatic heterocycles. The third-order valence-corrected chi connectivity index (χ3v) is 5.48. The molecule has 0 aromatic heterocycles. The minimum absolute atomic E-state index is 0.169. The lowest BCUT2D eigenvalue weighted by Gasteiger charge is -2.24. The van der Waals surface area contributed by atoms with Crippen molar-refractivity contribution in [1.82, 2.24) is 5.32 Å². The van der Waals surface area contributed by atoms with Crippen LogP contribution in [0.1, 0.15) is 28.2 Å². The molecule has 31 heavy (non-hydrogen) atoms. The Bertz CT molecular complexity index is 1090. The highest BCUT2D eigenvalue weighted by Crippen LogP contribution is 2.46. The maximum Gasteiger partial charge on any atom is 0.416 e. The molecule has 3 aromatic carbocycles. The normalized spacial score (nSPS) is 13.9. The first-order valence-corrected chi connectivity index (χ1v) is 9.69. The first-order valence-electron chi connectivity index (χ1n) is 9.69. The lowest BCUT2D eigenvalue weighted by atomic mass is 9.88. The van der Waals surface area contributed by atoms with E-state index in [0.717, 1.165) is 34.4 Å². The summed E-state index contributed by atoms with van der Waals surface area (Å²) in [5.41, 5.74) is 9.02. The van der Waals surface area contributed by atoms with E-state index in [9.17, 15) is 22.8 Å². The summed E-state index contributed by atoms with van der Waals surface area (Å²) in [6.07, 6.45) is -4.61. The number of halogens is 3. The zero-order valence-corrected chi connectivity index (χ0v) is 16.3. The molecule has 1 aliphatic rings. The number of carbonyl (C=O) groups is 2. The van der Waals surface area contributed by atoms with Crippen LogP contribution in [-0.4, -0.2) is 17.9 Å². The molecule has 0 fully saturated rings. The topological polar surface area (TPSA) is 72.2 Å². The fourth-order valence-electron chi connectivity index (χ4n) is 4.09. The van der Waals surface area contributed by atoms with Crippen molar-refractivity contribution in [3.05, 3.63) is 95.1 Å². The van der Waals surface area contributed by atoms with E-state index in [2.05, 4.69) is 5.32 Å². The highest BCUT2D eigenvalue weighted by molar-refractivity contribution is 5.91. The van der Waals surface area contributed by atoms with Crippen LogP contribution in [0.4, 0.5) is 13.2 Å². The van der Waals surface area contributed by atoms with Gasteiger partial charge in [-0.25, -0.2) is 0 Å². The summed E-state index contributed by atoms with van der Waals surface area (Å²) in [4.78, 5) is 25.0. The molecule has 1 aliphatic carbocycles. The van der Waals surface area contributed by atoms with E-state index in [1.54, 1.807) is 0 Å². The Labute approximate surface area is 176 Å². The highest BCUT2D eigenvalue weighted by Gasteiger charge is 2.38. The monoisotopic (exact) mass is 424 g/mol. The predicted octanol–water partition coefficient (Wildman–Crippen LogP) is 4.03. The van der Waals surface area contributed by atoms with Crippen LogP contribution in [0.3, 0.4) is 0 Å². The Morgan fingerprint density at radius 2 is 1.39 bits per heavy atom. The Morgan fingerprint density at radius 3 is 1.87 bits per heavy atom. The van der Waals surface area contributed by atoms with Gasteiger partial charge < -0.3 is 11.1 Å². The van der Waals surface area contributed by atoms with Gasteiger partial charge in [0.25, 0.3) is 0 Å². The first-order chi connectivity index (χ1) is 14.8. The van der Waals surface area contributed by atoms with Crippen LogP contribution in [0, 0.1) is 0 Å². The molecule has 0 bridgehead atoms. The molecule has 4 nitrogen and oxygen atoms in total. The molecule has 4 rings (SSSR count). The average molecular weight is 424 g/mol.